The van der Waals surface area contributed by atoms with Crippen molar-refractivity contribution in [3.63, 3.8) is 0 Å². The number of ether oxygens (including phenoxy) is 2. The van der Waals surface area contributed by atoms with E-state index in [-0.39, 0.29) is 23.9 Å². The van der Waals surface area contributed by atoms with Gasteiger partial charge < -0.3 is 19.7 Å². The number of carbonyl (C=O) groups excluding carboxylic acids is 2. The highest BCUT2D eigenvalue weighted by molar-refractivity contribution is 7.89. The monoisotopic (exact) mass is 537 g/mol. The van der Waals surface area contributed by atoms with Crippen LogP contribution in [0.15, 0.2) is 77.7 Å². The molecule has 0 spiro atoms. The molecular weight excluding hydrogens is 506 g/mol. The number of rotatable bonds is 9. The Morgan fingerprint density at radius 3 is 2.47 bits per heavy atom. The third-order valence-corrected chi connectivity index (χ3v) is 8.26. The molecule has 3 aromatic rings. The van der Waals surface area contributed by atoms with Gasteiger partial charge in [0.05, 0.1) is 30.8 Å². The average molecular weight is 538 g/mol. The largest absolute Gasteiger partial charge is 0.496 e. The maximum atomic E-state index is 13.5. The molecule has 0 saturated carbocycles. The SMILES string of the molecule is CCN(CC(=O)N1CC(C(=O)NCc2ccccc2)Oc2ccccc21)S(=O)(=O)c1ccc(OC)c(C)c1. The Labute approximate surface area is 223 Å². The number of likely N-dealkylation sites (N-methyl/N-ethyl adjacent to an activating group) is 1. The first-order valence-corrected chi connectivity index (χ1v) is 13.7. The number of hydrogen-bond donors (Lipinski definition) is 1. The van der Waals surface area contributed by atoms with Crippen molar-refractivity contribution < 1.29 is 27.5 Å². The van der Waals surface area contributed by atoms with Gasteiger partial charge in [-0.25, -0.2) is 8.42 Å². The minimum atomic E-state index is -3.96. The van der Waals surface area contributed by atoms with E-state index in [0.717, 1.165) is 9.87 Å². The predicted octanol–water partition coefficient (Wildman–Crippen LogP) is 3.12. The van der Waals surface area contributed by atoms with Gasteiger partial charge in [-0.2, -0.15) is 4.31 Å². The molecule has 0 radical (unpaired) electrons. The molecule has 9 nitrogen and oxygen atoms in total. The van der Waals surface area contributed by atoms with Gasteiger partial charge in [0.1, 0.15) is 11.5 Å². The van der Waals surface area contributed by atoms with Gasteiger partial charge in [-0.15, -0.1) is 0 Å². The summed E-state index contributed by atoms with van der Waals surface area (Å²) in [5, 5.41) is 2.85. The topological polar surface area (TPSA) is 105 Å². The van der Waals surface area contributed by atoms with Crippen LogP contribution in [-0.2, 0) is 26.2 Å². The maximum absolute atomic E-state index is 13.5. The second-order valence-corrected chi connectivity index (χ2v) is 10.8. The quantitative estimate of drug-likeness (QED) is 0.450. The molecule has 0 aromatic heterocycles. The van der Waals surface area contributed by atoms with E-state index in [1.165, 1.54) is 24.1 Å². The van der Waals surface area contributed by atoms with E-state index in [1.807, 2.05) is 30.3 Å². The maximum Gasteiger partial charge on any atom is 0.263 e. The molecule has 2 amide bonds. The molecule has 4 rings (SSSR count). The summed E-state index contributed by atoms with van der Waals surface area (Å²) >= 11 is 0. The number of para-hydroxylation sites is 2. The second kappa shape index (κ2) is 11.7. The Kier molecular flexibility index (Phi) is 8.33. The lowest BCUT2D eigenvalue weighted by Crippen LogP contribution is -2.53. The molecule has 1 heterocycles. The van der Waals surface area contributed by atoms with Gasteiger partial charge in [-0.3, -0.25) is 9.59 Å². The van der Waals surface area contributed by atoms with Crippen LogP contribution >= 0.6 is 0 Å². The summed E-state index contributed by atoms with van der Waals surface area (Å²) in [5.74, 6) is 0.125. The van der Waals surface area contributed by atoms with Crippen molar-refractivity contribution in [2.45, 2.75) is 31.4 Å². The first-order chi connectivity index (χ1) is 18.2. The number of hydrogen-bond acceptors (Lipinski definition) is 6. The number of fused-ring (bicyclic) bond motifs is 1. The number of carbonyl (C=O) groups is 2. The number of nitrogens with zero attached hydrogens (tertiary/aromatic N) is 2. The highest BCUT2D eigenvalue weighted by Crippen LogP contribution is 2.33. The second-order valence-electron chi connectivity index (χ2n) is 8.84. The standard InChI is InChI=1S/C28H31N3O6S/c1-4-30(38(34,35)22-14-15-24(36-3)20(2)16-22)19-27(32)31-18-26(37-25-13-9-8-12-23(25)31)28(33)29-17-21-10-6-5-7-11-21/h5-16,26H,4,17-19H2,1-3H3,(H,29,33). The minimum Gasteiger partial charge on any atom is -0.496 e. The molecule has 0 aliphatic carbocycles. The summed E-state index contributed by atoms with van der Waals surface area (Å²) in [6.45, 7) is 3.40. The first-order valence-electron chi connectivity index (χ1n) is 12.3. The van der Waals surface area contributed by atoms with Gasteiger partial charge in [0.25, 0.3) is 5.91 Å². The van der Waals surface area contributed by atoms with Gasteiger partial charge in [0.15, 0.2) is 6.10 Å². The molecule has 1 N–H and O–H groups in total. The van der Waals surface area contributed by atoms with Crippen LogP contribution in [-0.4, -0.2) is 57.4 Å². The molecule has 1 unspecified atom stereocenters. The molecule has 1 aliphatic heterocycles. The third kappa shape index (κ3) is 5.81. The first kappa shape index (κ1) is 27.2. The molecule has 1 atom stereocenters. The number of nitrogens with one attached hydrogen (secondary N) is 1. The van der Waals surface area contributed by atoms with Crippen LogP contribution in [0.2, 0.25) is 0 Å². The lowest BCUT2D eigenvalue weighted by atomic mass is 10.1. The van der Waals surface area contributed by atoms with Crippen LogP contribution < -0.4 is 19.7 Å². The van der Waals surface area contributed by atoms with Gasteiger partial charge in [-0.05, 0) is 48.4 Å². The van der Waals surface area contributed by atoms with Crippen molar-refractivity contribution in [1.29, 1.82) is 0 Å². The summed E-state index contributed by atoms with van der Waals surface area (Å²) in [5.41, 5.74) is 2.09. The van der Waals surface area contributed by atoms with E-state index in [4.69, 9.17) is 9.47 Å². The van der Waals surface area contributed by atoms with Crippen molar-refractivity contribution in [2.24, 2.45) is 0 Å². The van der Waals surface area contributed by atoms with Crippen molar-refractivity contribution in [1.82, 2.24) is 9.62 Å². The Bertz CT molecular complexity index is 1410. The van der Waals surface area contributed by atoms with Crippen molar-refractivity contribution in [2.75, 3.05) is 31.6 Å². The van der Waals surface area contributed by atoms with E-state index < -0.39 is 28.6 Å². The summed E-state index contributed by atoms with van der Waals surface area (Å²) in [7, 11) is -2.44. The summed E-state index contributed by atoms with van der Waals surface area (Å²) in [6, 6.07) is 20.9. The molecule has 0 fully saturated rings. The number of sulfonamides is 1. The van der Waals surface area contributed by atoms with Crippen LogP contribution in [0.25, 0.3) is 0 Å². The van der Waals surface area contributed by atoms with E-state index in [9.17, 15) is 18.0 Å². The fourth-order valence-electron chi connectivity index (χ4n) is 4.27. The average Bonchev–Trinajstić information content (AvgIpc) is 2.94. The summed E-state index contributed by atoms with van der Waals surface area (Å²) < 4.78 is 39.1. The smallest absolute Gasteiger partial charge is 0.263 e. The number of anilines is 1. The van der Waals surface area contributed by atoms with E-state index in [1.54, 1.807) is 44.2 Å². The number of amides is 2. The molecule has 200 valence electrons. The molecule has 0 bridgehead atoms. The Balaban J connectivity index is 1.53. The highest BCUT2D eigenvalue weighted by atomic mass is 32.2. The van der Waals surface area contributed by atoms with Crippen LogP contribution in [0, 0.1) is 6.92 Å². The van der Waals surface area contributed by atoms with Crippen molar-refractivity contribution in [3.8, 4) is 11.5 Å². The lowest BCUT2D eigenvalue weighted by Gasteiger charge is -2.35. The zero-order chi connectivity index (χ0) is 27.3. The fraction of sp³-hybridized carbons (Fsp3) is 0.286. The molecule has 0 saturated heterocycles. The predicted molar refractivity (Wildman–Crippen MR) is 144 cm³/mol. The van der Waals surface area contributed by atoms with Crippen LogP contribution in [0.4, 0.5) is 5.69 Å². The Hall–Kier alpha value is -3.89. The van der Waals surface area contributed by atoms with Gasteiger partial charge >= 0.3 is 0 Å². The van der Waals surface area contributed by atoms with Gasteiger partial charge in [0.2, 0.25) is 15.9 Å². The van der Waals surface area contributed by atoms with E-state index in [0.29, 0.717) is 29.3 Å². The number of methoxy groups -OCH3 is 1. The highest BCUT2D eigenvalue weighted by Gasteiger charge is 2.35. The molecule has 10 heteroatoms. The zero-order valence-electron chi connectivity index (χ0n) is 21.6. The number of benzene rings is 3. The normalized spacial score (nSPS) is 14.9. The van der Waals surface area contributed by atoms with Crippen molar-refractivity contribution >= 4 is 27.5 Å². The molecule has 1 aliphatic rings. The van der Waals surface area contributed by atoms with Crippen LogP contribution in [0.5, 0.6) is 11.5 Å². The van der Waals surface area contributed by atoms with Crippen LogP contribution in [0.3, 0.4) is 0 Å². The van der Waals surface area contributed by atoms with Crippen molar-refractivity contribution in [3.05, 3.63) is 83.9 Å². The molecular formula is C28H31N3O6S. The lowest BCUT2D eigenvalue weighted by molar-refractivity contribution is -0.128. The summed E-state index contributed by atoms with van der Waals surface area (Å²) in [6.07, 6.45) is -0.950. The Morgan fingerprint density at radius 1 is 1.08 bits per heavy atom. The van der Waals surface area contributed by atoms with E-state index >= 15 is 0 Å². The van der Waals surface area contributed by atoms with Gasteiger partial charge in [-0.1, -0.05) is 49.4 Å². The zero-order valence-corrected chi connectivity index (χ0v) is 22.4. The fourth-order valence-corrected chi connectivity index (χ4v) is 5.75. The number of aryl methyl sites for hydroxylation is 1. The third-order valence-electron chi connectivity index (χ3n) is 6.35. The van der Waals surface area contributed by atoms with Gasteiger partial charge in [0, 0.05) is 13.1 Å². The molecule has 3 aromatic carbocycles. The van der Waals surface area contributed by atoms with Crippen LogP contribution in [0.1, 0.15) is 18.1 Å². The molecule has 38 heavy (non-hydrogen) atoms. The minimum absolute atomic E-state index is 0.0459. The van der Waals surface area contributed by atoms with E-state index in [2.05, 4.69) is 5.32 Å². The summed E-state index contributed by atoms with van der Waals surface area (Å²) in [4.78, 5) is 28.0. The Morgan fingerprint density at radius 2 is 1.79 bits per heavy atom.